The van der Waals surface area contributed by atoms with Crippen LogP contribution in [-0.2, 0) is 9.53 Å². The predicted molar refractivity (Wildman–Crippen MR) is 156 cm³/mol. The van der Waals surface area contributed by atoms with E-state index >= 15 is 0 Å². The van der Waals surface area contributed by atoms with Crippen LogP contribution in [0.4, 0.5) is 4.39 Å². The maximum Gasteiger partial charge on any atom is 0.341 e. The molecule has 1 aliphatic rings. The van der Waals surface area contributed by atoms with Gasteiger partial charge in [-0.25, -0.2) is 9.18 Å². The molecule has 5 rings (SSSR count). The van der Waals surface area contributed by atoms with Crippen LogP contribution >= 0.6 is 11.6 Å². The maximum absolute atomic E-state index is 13.9. The van der Waals surface area contributed by atoms with Gasteiger partial charge in [-0.1, -0.05) is 66.2 Å². The average molecular weight is 573 g/mol. The van der Waals surface area contributed by atoms with Crippen molar-refractivity contribution in [2.24, 2.45) is 5.92 Å². The fraction of sp³-hybridized carbons (Fsp3) is 0.206. The van der Waals surface area contributed by atoms with Crippen molar-refractivity contribution in [2.75, 3.05) is 6.61 Å². The summed E-state index contributed by atoms with van der Waals surface area (Å²) in [5.41, 5.74) is 3.41. The number of carbonyl (C=O) groups is 1. The SMILES string of the molecule is C=C(C)[C@H]1C[C@H](c2ccc(Cl)cc2)[C@H](c2ccc(F)cc2)O[C@@H]1c1cc(Oc2ccccc2)ccc1OCC(=O)O. The molecular weight excluding hydrogens is 543 g/mol. The monoisotopic (exact) mass is 572 g/mol. The molecule has 1 heterocycles. The third-order valence-corrected chi connectivity index (χ3v) is 7.53. The summed E-state index contributed by atoms with van der Waals surface area (Å²) in [6, 6.07) is 28.6. The van der Waals surface area contributed by atoms with Crippen LogP contribution in [0.1, 0.15) is 48.2 Å². The van der Waals surface area contributed by atoms with Gasteiger partial charge in [0.2, 0.25) is 0 Å². The Balaban J connectivity index is 1.59. The number of rotatable bonds is 9. The van der Waals surface area contributed by atoms with E-state index in [-0.39, 0.29) is 17.7 Å². The number of carboxylic acid groups (broad SMARTS) is 1. The molecule has 0 amide bonds. The van der Waals surface area contributed by atoms with Gasteiger partial charge in [-0.15, -0.1) is 0 Å². The molecule has 1 fully saturated rings. The van der Waals surface area contributed by atoms with E-state index in [9.17, 15) is 14.3 Å². The zero-order chi connectivity index (χ0) is 28.9. The molecule has 5 nitrogen and oxygen atoms in total. The average Bonchev–Trinajstić information content (AvgIpc) is 2.97. The van der Waals surface area contributed by atoms with E-state index in [0.29, 0.717) is 34.3 Å². The highest BCUT2D eigenvalue weighted by molar-refractivity contribution is 6.30. The number of carboxylic acids is 1. The van der Waals surface area contributed by atoms with Gasteiger partial charge >= 0.3 is 5.97 Å². The van der Waals surface area contributed by atoms with Crippen molar-refractivity contribution in [3.05, 3.63) is 137 Å². The maximum atomic E-state index is 13.9. The summed E-state index contributed by atoms with van der Waals surface area (Å²) in [7, 11) is 0. The minimum atomic E-state index is -1.09. The van der Waals surface area contributed by atoms with Gasteiger partial charge in [0.15, 0.2) is 6.61 Å². The third kappa shape index (κ3) is 6.79. The van der Waals surface area contributed by atoms with E-state index in [4.69, 9.17) is 25.8 Å². The summed E-state index contributed by atoms with van der Waals surface area (Å²) in [4.78, 5) is 11.4. The van der Waals surface area contributed by atoms with Crippen molar-refractivity contribution in [1.82, 2.24) is 0 Å². The van der Waals surface area contributed by atoms with E-state index in [2.05, 4.69) is 6.58 Å². The van der Waals surface area contributed by atoms with E-state index in [1.165, 1.54) is 12.1 Å². The molecule has 0 aliphatic carbocycles. The Morgan fingerprint density at radius 3 is 2.29 bits per heavy atom. The molecular formula is C34H30ClFO5. The third-order valence-electron chi connectivity index (χ3n) is 7.28. The topological polar surface area (TPSA) is 65.0 Å². The molecule has 4 atom stereocenters. The van der Waals surface area contributed by atoms with Gasteiger partial charge in [0, 0.05) is 22.4 Å². The van der Waals surface area contributed by atoms with Crippen LogP contribution in [0.3, 0.4) is 0 Å². The summed E-state index contributed by atoms with van der Waals surface area (Å²) < 4.78 is 32.7. The molecule has 1 aliphatic heterocycles. The lowest BCUT2D eigenvalue weighted by Crippen LogP contribution is -2.32. The number of hydrogen-bond donors (Lipinski definition) is 1. The molecule has 0 spiro atoms. The molecule has 0 saturated carbocycles. The van der Waals surface area contributed by atoms with Gasteiger partial charge in [-0.05, 0) is 79.1 Å². The van der Waals surface area contributed by atoms with Crippen molar-refractivity contribution in [3.8, 4) is 17.2 Å². The smallest absolute Gasteiger partial charge is 0.341 e. The Morgan fingerprint density at radius 2 is 1.63 bits per heavy atom. The highest BCUT2D eigenvalue weighted by atomic mass is 35.5. The standard InChI is InChI=1S/C34H30ClFO5/c1-21(2)28-19-29(22-8-12-24(35)13-9-22)33(23-10-14-25(36)15-11-23)41-34(28)30-18-27(40-26-6-4-3-5-7-26)16-17-31(30)39-20-32(37)38/h3-18,28-29,33-34H,1,19-20H2,2H3,(H,37,38)/t28-,29-,33+,34+/m1/s1. The minimum Gasteiger partial charge on any atom is -0.482 e. The molecule has 0 unspecified atom stereocenters. The summed E-state index contributed by atoms with van der Waals surface area (Å²) in [6.07, 6.45) is -0.316. The van der Waals surface area contributed by atoms with Crippen molar-refractivity contribution in [1.29, 1.82) is 0 Å². The zero-order valence-corrected chi connectivity index (χ0v) is 23.3. The van der Waals surface area contributed by atoms with Gasteiger partial charge < -0.3 is 19.3 Å². The largest absolute Gasteiger partial charge is 0.482 e. The summed E-state index contributed by atoms with van der Waals surface area (Å²) in [5.74, 6) is -0.0596. The van der Waals surface area contributed by atoms with Crippen LogP contribution < -0.4 is 9.47 Å². The molecule has 210 valence electrons. The number of halogens is 2. The second kappa shape index (κ2) is 12.6. The summed E-state index contributed by atoms with van der Waals surface area (Å²) in [6.45, 7) is 5.73. The van der Waals surface area contributed by atoms with Gasteiger partial charge in [0.1, 0.15) is 23.1 Å². The first-order chi connectivity index (χ1) is 19.8. The quantitative estimate of drug-likeness (QED) is 0.203. The van der Waals surface area contributed by atoms with Crippen LogP contribution in [0.2, 0.25) is 5.02 Å². The highest BCUT2D eigenvalue weighted by Gasteiger charge is 2.41. The lowest BCUT2D eigenvalue weighted by Gasteiger charge is -2.43. The summed E-state index contributed by atoms with van der Waals surface area (Å²) in [5, 5.41) is 9.96. The Hall–Kier alpha value is -4.13. The number of para-hydroxylation sites is 1. The van der Waals surface area contributed by atoms with Crippen LogP contribution in [0.5, 0.6) is 17.2 Å². The molecule has 4 aromatic carbocycles. The van der Waals surface area contributed by atoms with Crippen molar-refractivity contribution in [3.63, 3.8) is 0 Å². The van der Waals surface area contributed by atoms with Gasteiger partial charge in [-0.2, -0.15) is 0 Å². The predicted octanol–water partition coefficient (Wildman–Crippen LogP) is 8.91. The second-order valence-electron chi connectivity index (χ2n) is 10.2. The van der Waals surface area contributed by atoms with E-state index in [1.807, 2.05) is 67.6 Å². The Labute approximate surface area is 243 Å². The number of ether oxygens (including phenoxy) is 3. The molecule has 41 heavy (non-hydrogen) atoms. The van der Waals surface area contributed by atoms with Crippen molar-refractivity contribution >= 4 is 17.6 Å². The minimum absolute atomic E-state index is 0.0807. The first-order valence-corrected chi connectivity index (χ1v) is 13.7. The van der Waals surface area contributed by atoms with Gasteiger partial charge in [-0.3, -0.25) is 0 Å². The molecule has 0 bridgehead atoms. The number of aliphatic carboxylic acids is 1. The first kappa shape index (κ1) is 28.4. The van der Waals surface area contributed by atoms with Crippen LogP contribution in [0, 0.1) is 11.7 Å². The van der Waals surface area contributed by atoms with Gasteiger partial charge in [0.25, 0.3) is 0 Å². The second-order valence-corrected chi connectivity index (χ2v) is 10.6. The molecule has 0 aromatic heterocycles. The van der Waals surface area contributed by atoms with Crippen LogP contribution in [0.15, 0.2) is 109 Å². The summed E-state index contributed by atoms with van der Waals surface area (Å²) >= 11 is 6.19. The fourth-order valence-electron chi connectivity index (χ4n) is 5.31. The molecule has 1 saturated heterocycles. The Kier molecular flexibility index (Phi) is 8.72. The highest BCUT2D eigenvalue weighted by Crippen LogP contribution is 2.53. The molecule has 0 radical (unpaired) electrons. The lowest BCUT2D eigenvalue weighted by molar-refractivity contribution is -0.139. The van der Waals surface area contributed by atoms with Gasteiger partial charge in [0.05, 0.1) is 12.2 Å². The Morgan fingerprint density at radius 1 is 0.951 bits per heavy atom. The van der Waals surface area contributed by atoms with Crippen LogP contribution in [-0.4, -0.2) is 17.7 Å². The lowest BCUT2D eigenvalue weighted by atomic mass is 9.74. The fourth-order valence-corrected chi connectivity index (χ4v) is 5.44. The Bertz CT molecular complexity index is 1500. The molecule has 4 aromatic rings. The zero-order valence-electron chi connectivity index (χ0n) is 22.5. The van der Waals surface area contributed by atoms with Crippen LogP contribution in [0.25, 0.3) is 0 Å². The number of hydrogen-bond acceptors (Lipinski definition) is 4. The first-order valence-electron chi connectivity index (χ1n) is 13.3. The normalized spacial score (nSPS) is 20.3. The van der Waals surface area contributed by atoms with Crippen molar-refractivity contribution in [2.45, 2.75) is 31.5 Å². The molecule has 1 N–H and O–H groups in total. The van der Waals surface area contributed by atoms with E-state index < -0.39 is 24.8 Å². The van der Waals surface area contributed by atoms with E-state index in [1.54, 1.807) is 24.3 Å². The molecule has 7 heteroatoms. The van der Waals surface area contributed by atoms with E-state index in [0.717, 1.165) is 16.7 Å². The number of benzene rings is 4. The van der Waals surface area contributed by atoms with Crippen molar-refractivity contribution < 1.29 is 28.5 Å².